The summed E-state index contributed by atoms with van der Waals surface area (Å²) < 4.78 is 11.4. The number of fused-ring (bicyclic) bond motifs is 4. The minimum absolute atomic E-state index is 0.146. The number of pyridine rings is 1. The van der Waals surface area contributed by atoms with E-state index in [-0.39, 0.29) is 10.9 Å². The third-order valence-corrected chi connectivity index (χ3v) is 6.27. The molecule has 4 aromatic rings. The lowest BCUT2D eigenvalue weighted by atomic mass is 10.0. The maximum atomic E-state index is 12.5. The Morgan fingerprint density at radius 3 is 2.76 bits per heavy atom. The Bertz CT molecular complexity index is 1190. The van der Waals surface area contributed by atoms with Gasteiger partial charge >= 0.3 is 5.63 Å². The summed E-state index contributed by atoms with van der Waals surface area (Å²) in [5.74, 6) is 0.894. The van der Waals surface area contributed by atoms with Crippen LogP contribution >= 0.6 is 11.8 Å². The summed E-state index contributed by atoms with van der Waals surface area (Å²) >= 11 is 1.55. The standard InChI is InChI=1S/C20H15NO3S/c1-10-11(2)23-16-9-17-13(7-12(10)16)14-8-18(15-5-3-4-6-21-15)25-19(14)20(22)24-17/h3-7,9,18H,8H2,1-2H3. The smallest absolute Gasteiger partial charge is 0.350 e. The fourth-order valence-corrected chi connectivity index (χ4v) is 4.77. The molecule has 0 radical (unpaired) electrons. The minimum Gasteiger partial charge on any atom is -0.461 e. The van der Waals surface area contributed by atoms with E-state index in [0.29, 0.717) is 10.5 Å². The van der Waals surface area contributed by atoms with Crippen molar-refractivity contribution in [3.05, 3.63) is 69.5 Å². The van der Waals surface area contributed by atoms with Gasteiger partial charge in [-0.25, -0.2) is 4.79 Å². The second-order valence-corrected chi connectivity index (χ2v) is 7.60. The van der Waals surface area contributed by atoms with Gasteiger partial charge in [-0.2, -0.15) is 0 Å². The predicted octanol–water partition coefficient (Wildman–Crippen LogP) is 4.94. The Morgan fingerprint density at radius 1 is 1.12 bits per heavy atom. The Hall–Kier alpha value is -2.53. The average molecular weight is 349 g/mol. The number of hydrogen-bond acceptors (Lipinski definition) is 5. The zero-order chi connectivity index (χ0) is 17.1. The van der Waals surface area contributed by atoms with Crippen LogP contribution in [-0.4, -0.2) is 4.98 Å². The fraction of sp³-hybridized carbons (Fsp3) is 0.200. The van der Waals surface area contributed by atoms with Gasteiger partial charge in [0.25, 0.3) is 0 Å². The summed E-state index contributed by atoms with van der Waals surface area (Å²) in [7, 11) is 0. The molecule has 1 atom stereocenters. The van der Waals surface area contributed by atoms with Gasteiger partial charge in [-0.15, -0.1) is 11.8 Å². The number of hydrogen-bond donors (Lipinski definition) is 0. The normalized spacial score (nSPS) is 16.6. The molecule has 1 aromatic carbocycles. The molecule has 1 aliphatic rings. The van der Waals surface area contributed by atoms with Gasteiger partial charge in [0.05, 0.1) is 15.8 Å². The molecule has 124 valence electrons. The Labute approximate surface area is 147 Å². The molecule has 1 aliphatic heterocycles. The highest BCUT2D eigenvalue weighted by Gasteiger charge is 2.30. The highest BCUT2D eigenvalue weighted by molar-refractivity contribution is 7.99. The summed E-state index contributed by atoms with van der Waals surface area (Å²) in [6.07, 6.45) is 2.57. The highest BCUT2D eigenvalue weighted by atomic mass is 32.2. The Kier molecular flexibility index (Phi) is 3.09. The van der Waals surface area contributed by atoms with E-state index in [1.54, 1.807) is 18.0 Å². The van der Waals surface area contributed by atoms with Crippen LogP contribution in [-0.2, 0) is 6.42 Å². The molecular weight excluding hydrogens is 334 g/mol. The monoisotopic (exact) mass is 349 g/mol. The van der Waals surface area contributed by atoms with E-state index < -0.39 is 0 Å². The molecule has 25 heavy (non-hydrogen) atoms. The lowest BCUT2D eigenvalue weighted by molar-refractivity contribution is 0.539. The third-order valence-electron chi connectivity index (χ3n) is 4.93. The van der Waals surface area contributed by atoms with Crippen molar-refractivity contribution in [3.63, 3.8) is 0 Å². The van der Waals surface area contributed by atoms with E-state index >= 15 is 0 Å². The van der Waals surface area contributed by atoms with Gasteiger partial charge in [0, 0.05) is 23.0 Å². The van der Waals surface area contributed by atoms with Crippen LogP contribution in [0.4, 0.5) is 0 Å². The molecule has 4 heterocycles. The lowest BCUT2D eigenvalue weighted by Gasteiger charge is -2.06. The van der Waals surface area contributed by atoms with Gasteiger partial charge in [-0.1, -0.05) is 6.07 Å². The van der Waals surface area contributed by atoms with Gasteiger partial charge in [0.2, 0.25) is 0 Å². The van der Waals surface area contributed by atoms with Crippen LogP contribution in [0.25, 0.3) is 21.9 Å². The molecule has 0 saturated heterocycles. The number of furan rings is 1. The summed E-state index contributed by atoms with van der Waals surface area (Å²) in [6.45, 7) is 4.01. The summed E-state index contributed by atoms with van der Waals surface area (Å²) in [5, 5.41) is 2.22. The molecule has 0 fully saturated rings. The quantitative estimate of drug-likeness (QED) is 0.456. The molecule has 0 aliphatic carbocycles. The number of rotatable bonds is 1. The van der Waals surface area contributed by atoms with Crippen LogP contribution in [0.1, 0.15) is 27.8 Å². The molecule has 5 rings (SSSR count). The van der Waals surface area contributed by atoms with Gasteiger partial charge in [0.15, 0.2) is 0 Å². The topological polar surface area (TPSA) is 56.2 Å². The van der Waals surface area contributed by atoms with E-state index in [2.05, 4.69) is 18.0 Å². The van der Waals surface area contributed by atoms with Crippen molar-refractivity contribution in [2.45, 2.75) is 30.4 Å². The number of aromatic nitrogens is 1. The van der Waals surface area contributed by atoms with Crippen LogP contribution in [0.2, 0.25) is 0 Å². The van der Waals surface area contributed by atoms with Gasteiger partial charge in [-0.05, 0) is 49.6 Å². The zero-order valence-corrected chi connectivity index (χ0v) is 14.6. The van der Waals surface area contributed by atoms with Crippen molar-refractivity contribution < 1.29 is 8.83 Å². The first-order chi connectivity index (χ1) is 12.1. The Balaban J connectivity index is 1.74. The van der Waals surface area contributed by atoms with Crippen molar-refractivity contribution in [3.8, 4) is 0 Å². The van der Waals surface area contributed by atoms with Crippen molar-refractivity contribution >= 4 is 33.7 Å². The van der Waals surface area contributed by atoms with E-state index in [0.717, 1.165) is 45.4 Å². The SMILES string of the molecule is Cc1oc2cc3oc(=O)c4c(c3cc2c1C)CC(c1ccccn1)S4. The van der Waals surface area contributed by atoms with Gasteiger partial charge in [0.1, 0.15) is 16.9 Å². The average Bonchev–Trinajstić information content (AvgIpc) is 3.18. The second-order valence-electron chi connectivity index (χ2n) is 6.39. The first kappa shape index (κ1) is 14.8. The molecule has 0 amide bonds. The molecule has 1 unspecified atom stereocenters. The first-order valence-electron chi connectivity index (χ1n) is 8.19. The number of nitrogens with zero attached hydrogens (tertiary/aromatic N) is 1. The summed E-state index contributed by atoms with van der Waals surface area (Å²) in [6, 6.07) is 9.83. The van der Waals surface area contributed by atoms with Crippen molar-refractivity contribution in [2.24, 2.45) is 0 Å². The van der Waals surface area contributed by atoms with Crippen LogP contribution in [0.5, 0.6) is 0 Å². The Morgan fingerprint density at radius 2 is 1.96 bits per heavy atom. The first-order valence-corrected chi connectivity index (χ1v) is 9.07. The molecule has 0 N–H and O–H groups in total. The number of aryl methyl sites for hydroxylation is 2. The fourth-order valence-electron chi connectivity index (χ4n) is 3.50. The molecule has 0 bridgehead atoms. The van der Waals surface area contributed by atoms with Crippen molar-refractivity contribution in [1.82, 2.24) is 4.98 Å². The zero-order valence-electron chi connectivity index (χ0n) is 13.8. The number of thioether (sulfide) groups is 1. The molecule has 0 saturated carbocycles. The highest BCUT2D eigenvalue weighted by Crippen LogP contribution is 2.47. The van der Waals surface area contributed by atoms with Crippen LogP contribution < -0.4 is 5.63 Å². The van der Waals surface area contributed by atoms with Crippen LogP contribution in [0.15, 0.2) is 55.1 Å². The molecule has 0 spiro atoms. The largest absolute Gasteiger partial charge is 0.461 e. The minimum atomic E-state index is -0.273. The van der Waals surface area contributed by atoms with E-state index in [1.807, 2.05) is 31.2 Å². The molecule has 3 aromatic heterocycles. The van der Waals surface area contributed by atoms with Gasteiger partial charge in [-0.3, -0.25) is 4.98 Å². The van der Waals surface area contributed by atoms with Gasteiger partial charge < -0.3 is 8.83 Å². The molecule has 4 nitrogen and oxygen atoms in total. The van der Waals surface area contributed by atoms with E-state index in [9.17, 15) is 4.79 Å². The predicted molar refractivity (Wildman–Crippen MR) is 98.3 cm³/mol. The van der Waals surface area contributed by atoms with E-state index in [1.165, 1.54) is 0 Å². The number of benzene rings is 1. The second kappa shape index (κ2) is 5.23. The summed E-state index contributed by atoms with van der Waals surface area (Å²) in [4.78, 5) is 17.6. The maximum absolute atomic E-state index is 12.5. The molecular formula is C20H15NO3S. The maximum Gasteiger partial charge on any atom is 0.350 e. The van der Waals surface area contributed by atoms with Crippen molar-refractivity contribution in [1.29, 1.82) is 0 Å². The molecule has 5 heteroatoms. The van der Waals surface area contributed by atoms with Crippen LogP contribution in [0, 0.1) is 13.8 Å². The van der Waals surface area contributed by atoms with Crippen LogP contribution in [0.3, 0.4) is 0 Å². The van der Waals surface area contributed by atoms with E-state index in [4.69, 9.17) is 8.83 Å². The third kappa shape index (κ3) is 2.15. The summed E-state index contributed by atoms with van der Waals surface area (Å²) in [5.41, 5.74) is 4.26. The lowest BCUT2D eigenvalue weighted by Crippen LogP contribution is -2.02. The van der Waals surface area contributed by atoms with Crippen molar-refractivity contribution in [2.75, 3.05) is 0 Å².